The summed E-state index contributed by atoms with van der Waals surface area (Å²) in [5.74, 6) is 0.521. The highest BCUT2D eigenvalue weighted by molar-refractivity contribution is 7.99. The normalized spacial score (nSPS) is 10.6. The minimum atomic E-state index is -0.490. The van der Waals surface area contributed by atoms with E-state index in [-0.39, 0.29) is 17.3 Å². The van der Waals surface area contributed by atoms with Crippen molar-refractivity contribution in [2.45, 2.75) is 18.6 Å². The molecule has 0 unspecified atom stereocenters. The van der Waals surface area contributed by atoms with Crippen LogP contribution in [0.2, 0.25) is 5.02 Å². The van der Waals surface area contributed by atoms with Gasteiger partial charge in [0.1, 0.15) is 0 Å². The molecule has 0 spiro atoms. The first-order chi connectivity index (χ1) is 13.5. The molecule has 10 heteroatoms. The highest BCUT2D eigenvalue weighted by atomic mass is 35.5. The molecular weight excluding hydrogens is 402 g/mol. The fourth-order valence-corrected chi connectivity index (χ4v) is 3.54. The average Bonchev–Trinajstić information content (AvgIpc) is 3.10. The van der Waals surface area contributed by atoms with Crippen LogP contribution in [0.4, 0.5) is 11.4 Å². The first kappa shape index (κ1) is 19.8. The van der Waals surface area contributed by atoms with Gasteiger partial charge in [-0.15, -0.1) is 10.2 Å². The number of carbonyl (C=O) groups excluding carboxylic acids is 1. The molecule has 1 N–H and O–H groups in total. The highest BCUT2D eigenvalue weighted by Gasteiger charge is 2.16. The number of aromatic nitrogens is 3. The van der Waals surface area contributed by atoms with Crippen molar-refractivity contribution in [1.82, 2.24) is 14.8 Å². The van der Waals surface area contributed by atoms with Crippen molar-refractivity contribution in [3.05, 3.63) is 63.7 Å². The number of nitrogens with one attached hydrogen (secondary N) is 1. The Labute approximate surface area is 170 Å². The first-order valence-corrected chi connectivity index (χ1v) is 9.71. The lowest BCUT2D eigenvalue weighted by Gasteiger charge is -2.08. The van der Waals surface area contributed by atoms with Crippen LogP contribution >= 0.6 is 23.4 Å². The molecule has 0 fully saturated rings. The first-order valence-electron chi connectivity index (χ1n) is 8.34. The predicted molar refractivity (Wildman–Crippen MR) is 109 cm³/mol. The molecule has 0 aliphatic heterocycles. The summed E-state index contributed by atoms with van der Waals surface area (Å²) < 4.78 is 1.89. The molecule has 3 rings (SSSR count). The van der Waals surface area contributed by atoms with Gasteiger partial charge < -0.3 is 9.88 Å². The lowest BCUT2D eigenvalue weighted by molar-refractivity contribution is -0.384. The van der Waals surface area contributed by atoms with Crippen molar-refractivity contribution in [2.75, 3.05) is 11.1 Å². The number of rotatable bonds is 7. The van der Waals surface area contributed by atoms with E-state index in [0.29, 0.717) is 28.2 Å². The van der Waals surface area contributed by atoms with Crippen LogP contribution in [0.5, 0.6) is 0 Å². The fourth-order valence-electron chi connectivity index (χ4n) is 2.52. The van der Waals surface area contributed by atoms with Crippen molar-refractivity contribution in [3.8, 4) is 11.4 Å². The zero-order chi connectivity index (χ0) is 20.1. The average molecular weight is 418 g/mol. The Hall–Kier alpha value is -2.91. The number of carbonyl (C=O) groups is 1. The van der Waals surface area contributed by atoms with Crippen molar-refractivity contribution in [2.24, 2.45) is 0 Å². The second-order valence-corrected chi connectivity index (χ2v) is 7.02. The molecule has 0 atom stereocenters. The van der Waals surface area contributed by atoms with E-state index in [2.05, 4.69) is 15.5 Å². The second kappa shape index (κ2) is 8.85. The van der Waals surface area contributed by atoms with E-state index in [0.717, 1.165) is 5.56 Å². The lowest BCUT2D eigenvalue weighted by atomic mass is 10.2. The van der Waals surface area contributed by atoms with Crippen molar-refractivity contribution >= 4 is 40.6 Å². The topological polar surface area (TPSA) is 103 Å². The van der Waals surface area contributed by atoms with Crippen LogP contribution in [0.25, 0.3) is 11.4 Å². The van der Waals surface area contributed by atoms with Gasteiger partial charge in [0, 0.05) is 29.9 Å². The Bertz CT molecular complexity index is 1010. The Morgan fingerprint density at radius 1 is 1.21 bits per heavy atom. The van der Waals surface area contributed by atoms with Crippen LogP contribution in [-0.2, 0) is 11.3 Å². The molecule has 0 saturated carbocycles. The third-order valence-electron chi connectivity index (χ3n) is 3.84. The number of non-ortho nitro benzene ring substituents is 1. The molecule has 0 aliphatic rings. The van der Waals surface area contributed by atoms with Gasteiger partial charge >= 0.3 is 0 Å². The van der Waals surface area contributed by atoms with Gasteiger partial charge in [0.15, 0.2) is 11.0 Å². The number of nitrogens with zero attached hydrogens (tertiary/aromatic N) is 4. The van der Waals surface area contributed by atoms with Crippen molar-refractivity contribution < 1.29 is 9.72 Å². The van der Waals surface area contributed by atoms with Crippen LogP contribution in [-0.4, -0.2) is 31.3 Å². The van der Waals surface area contributed by atoms with Crippen LogP contribution in [0, 0.1) is 10.1 Å². The number of nitro groups is 1. The second-order valence-electron chi connectivity index (χ2n) is 5.67. The molecule has 0 saturated heterocycles. The van der Waals surface area contributed by atoms with Crippen LogP contribution in [0.3, 0.4) is 0 Å². The SMILES string of the molecule is CCn1c(SCC(=O)Nc2ccc([N+](=O)[O-])cc2)nnc1-c1ccccc1Cl. The summed E-state index contributed by atoms with van der Waals surface area (Å²) in [5.41, 5.74) is 1.24. The number of anilines is 1. The Morgan fingerprint density at radius 3 is 2.57 bits per heavy atom. The monoisotopic (exact) mass is 417 g/mol. The zero-order valence-corrected chi connectivity index (χ0v) is 16.4. The number of hydrogen-bond donors (Lipinski definition) is 1. The molecule has 0 bridgehead atoms. The third kappa shape index (κ3) is 4.49. The van der Waals surface area contributed by atoms with E-state index in [1.54, 1.807) is 6.07 Å². The maximum absolute atomic E-state index is 12.2. The van der Waals surface area contributed by atoms with E-state index < -0.39 is 4.92 Å². The van der Waals surface area contributed by atoms with E-state index in [9.17, 15) is 14.9 Å². The Morgan fingerprint density at radius 2 is 1.93 bits per heavy atom. The summed E-state index contributed by atoms with van der Waals surface area (Å²) >= 11 is 7.51. The minimum absolute atomic E-state index is 0.0319. The van der Waals surface area contributed by atoms with E-state index in [1.807, 2.05) is 29.7 Å². The standard InChI is InChI=1S/C18H16ClN5O3S/c1-2-23-17(14-5-3-4-6-15(14)19)21-22-18(23)28-11-16(25)20-12-7-9-13(10-8-12)24(26)27/h3-10H,2,11H2,1H3,(H,20,25). The van der Waals surface area contributed by atoms with Gasteiger partial charge in [0.05, 0.1) is 15.7 Å². The van der Waals surface area contributed by atoms with E-state index in [4.69, 9.17) is 11.6 Å². The van der Waals surface area contributed by atoms with Gasteiger partial charge in [0.2, 0.25) is 5.91 Å². The number of nitro benzene ring substituents is 1. The quantitative estimate of drug-likeness (QED) is 0.350. The van der Waals surface area contributed by atoms with Gasteiger partial charge in [-0.1, -0.05) is 35.5 Å². The van der Waals surface area contributed by atoms with Gasteiger partial charge in [0.25, 0.3) is 5.69 Å². The van der Waals surface area contributed by atoms with Crippen LogP contribution < -0.4 is 5.32 Å². The van der Waals surface area contributed by atoms with Crippen molar-refractivity contribution in [3.63, 3.8) is 0 Å². The predicted octanol–water partition coefficient (Wildman–Crippen LogP) is 4.26. The summed E-state index contributed by atoms with van der Waals surface area (Å²) in [7, 11) is 0. The van der Waals surface area contributed by atoms with E-state index >= 15 is 0 Å². The number of halogens is 1. The lowest BCUT2D eigenvalue weighted by Crippen LogP contribution is -2.14. The smallest absolute Gasteiger partial charge is 0.269 e. The molecular formula is C18H16ClN5O3S. The molecule has 1 aromatic heterocycles. The maximum atomic E-state index is 12.2. The molecule has 1 heterocycles. The molecule has 0 radical (unpaired) electrons. The minimum Gasteiger partial charge on any atom is -0.325 e. The number of thioether (sulfide) groups is 1. The van der Waals surface area contributed by atoms with Gasteiger partial charge in [-0.05, 0) is 31.2 Å². The molecule has 144 valence electrons. The molecule has 3 aromatic rings. The zero-order valence-electron chi connectivity index (χ0n) is 14.8. The number of hydrogen-bond acceptors (Lipinski definition) is 6. The third-order valence-corrected chi connectivity index (χ3v) is 5.14. The fraction of sp³-hybridized carbons (Fsp3) is 0.167. The molecule has 1 amide bonds. The summed E-state index contributed by atoms with van der Waals surface area (Å²) in [6, 6.07) is 13.0. The molecule has 28 heavy (non-hydrogen) atoms. The molecule has 8 nitrogen and oxygen atoms in total. The number of amides is 1. The van der Waals surface area contributed by atoms with Crippen LogP contribution in [0.1, 0.15) is 6.92 Å². The van der Waals surface area contributed by atoms with Crippen molar-refractivity contribution in [1.29, 1.82) is 0 Å². The van der Waals surface area contributed by atoms with Gasteiger partial charge in [-0.3, -0.25) is 14.9 Å². The molecule has 0 aliphatic carbocycles. The molecule has 2 aromatic carbocycles. The highest BCUT2D eigenvalue weighted by Crippen LogP contribution is 2.29. The van der Waals surface area contributed by atoms with Crippen LogP contribution in [0.15, 0.2) is 53.7 Å². The van der Waals surface area contributed by atoms with Gasteiger partial charge in [-0.2, -0.15) is 0 Å². The van der Waals surface area contributed by atoms with E-state index in [1.165, 1.54) is 36.0 Å². The number of benzene rings is 2. The summed E-state index contributed by atoms with van der Waals surface area (Å²) in [4.78, 5) is 22.4. The Kier molecular flexibility index (Phi) is 6.27. The summed E-state index contributed by atoms with van der Waals surface area (Å²) in [5, 5.41) is 23.0. The Balaban J connectivity index is 1.67. The maximum Gasteiger partial charge on any atom is 0.269 e. The largest absolute Gasteiger partial charge is 0.325 e. The summed E-state index contributed by atoms with van der Waals surface area (Å²) in [6.07, 6.45) is 0. The summed E-state index contributed by atoms with van der Waals surface area (Å²) in [6.45, 7) is 2.59. The van der Waals surface area contributed by atoms with Gasteiger partial charge in [-0.25, -0.2) is 0 Å².